The molecule has 0 bridgehead atoms. The highest BCUT2D eigenvalue weighted by Crippen LogP contribution is 2.23. The lowest BCUT2D eigenvalue weighted by Crippen LogP contribution is -2.19. The Morgan fingerprint density at radius 2 is 1.55 bits per heavy atom. The molecule has 0 radical (unpaired) electrons. The van der Waals surface area contributed by atoms with Crippen molar-refractivity contribution >= 4 is 17.8 Å². The van der Waals surface area contributed by atoms with E-state index in [-0.39, 0.29) is 0 Å². The predicted octanol–water partition coefficient (Wildman–Crippen LogP) is 4.25. The van der Waals surface area contributed by atoms with Crippen LogP contribution in [0.15, 0.2) is 60.8 Å². The number of hydrogen-bond acceptors (Lipinski definition) is 2. The Morgan fingerprint density at radius 1 is 0.818 bits per heavy atom. The third-order valence-electron chi connectivity index (χ3n) is 4.01. The zero-order valence-electron chi connectivity index (χ0n) is 13.2. The van der Waals surface area contributed by atoms with Crippen LogP contribution in [-0.2, 0) is 6.54 Å². The van der Waals surface area contributed by atoms with Crippen LogP contribution >= 0.6 is 0 Å². The number of fused-ring (bicyclic) bond motifs is 2. The van der Waals surface area contributed by atoms with Gasteiger partial charge < -0.3 is 9.80 Å². The molecule has 2 aromatic carbocycles. The highest BCUT2D eigenvalue weighted by molar-refractivity contribution is 5.70. The van der Waals surface area contributed by atoms with Crippen molar-refractivity contribution in [1.29, 1.82) is 0 Å². The molecule has 0 aromatic heterocycles. The second-order valence-corrected chi connectivity index (χ2v) is 5.77. The molecular weight excluding hydrogens is 268 g/mol. The molecule has 2 aliphatic rings. The monoisotopic (exact) mass is 290 g/mol. The van der Waals surface area contributed by atoms with E-state index in [2.05, 4.69) is 96.9 Å². The second kappa shape index (κ2) is 6.52. The van der Waals surface area contributed by atoms with E-state index in [0.717, 1.165) is 13.1 Å². The maximum absolute atomic E-state index is 2.25. The number of nitrogens with zero attached hydrogens (tertiary/aromatic N) is 2. The molecule has 0 atom stereocenters. The third-order valence-corrected chi connectivity index (χ3v) is 4.01. The van der Waals surface area contributed by atoms with Crippen LogP contribution in [-0.4, -0.2) is 25.5 Å². The van der Waals surface area contributed by atoms with Gasteiger partial charge in [0.25, 0.3) is 0 Å². The number of rotatable bonds is 0. The molecule has 112 valence electrons. The summed E-state index contributed by atoms with van der Waals surface area (Å²) >= 11 is 0. The minimum absolute atomic E-state index is 1.02. The van der Waals surface area contributed by atoms with Gasteiger partial charge in [0.1, 0.15) is 0 Å². The van der Waals surface area contributed by atoms with Crippen LogP contribution in [0.1, 0.15) is 16.7 Å². The quantitative estimate of drug-likeness (QED) is 0.715. The molecule has 2 aromatic rings. The SMILES string of the molecule is CN1C=Cc2ccccc2C1.CN1CC=Cc2ccccc21. The summed E-state index contributed by atoms with van der Waals surface area (Å²) in [6, 6.07) is 16.9. The first-order chi connectivity index (χ1) is 10.7. The Labute approximate surface area is 133 Å². The summed E-state index contributed by atoms with van der Waals surface area (Å²) < 4.78 is 0. The molecule has 0 saturated heterocycles. The zero-order chi connectivity index (χ0) is 15.4. The predicted molar refractivity (Wildman–Crippen MR) is 95.7 cm³/mol. The molecule has 0 fully saturated rings. The Balaban J connectivity index is 0.000000131. The van der Waals surface area contributed by atoms with Crippen molar-refractivity contribution in [3.63, 3.8) is 0 Å². The maximum Gasteiger partial charge on any atom is 0.0439 e. The summed E-state index contributed by atoms with van der Waals surface area (Å²) in [5.41, 5.74) is 5.42. The maximum atomic E-state index is 2.25. The molecular formula is C20H22N2. The highest BCUT2D eigenvalue weighted by atomic mass is 15.1. The van der Waals surface area contributed by atoms with Gasteiger partial charge in [0, 0.05) is 32.9 Å². The molecule has 2 nitrogen and oxygen atoms in total. The lowest BCUT2D eigenvalue weighted by Gasteiger charge is -2.22. The molecule has 0 amide bonds. The molecule has 22 heavy (non-hydrogen) atoms. The average molecular weight is 290 g/mol. The van der Waals surface area contributed by atoms with E-state index in [1.54, 1.807) is 0 Å². The number of anilines is 1. The molecule has 0 N–H and O–H groups in total. The summed E-state index contributed by atoms with van der Waals surface area (Å²) in [5, 5.41) is 0. The second-order valence-electron chi connectivity index (χ2n) is 5.77. The van der Waals surface area contributed by atoms with Crippen LogP contribution in [0.2, 0.25) is 0 Å². The standard InChI is InChI=1S/2C10H11N/c1-11-8-4-6-9-5-2-3-7-10(9)11;1-11-7-6-9-4-2-3-5-10(9)8-11/h2*2-7H,8H2,1H3. The number of likely N-dealkylation sites (N-methyl/N-ethyl adjacent to an activating group) is 1. The van der Waals surface area contributed by atoms with Crippen LogP contribution in [0.4, 0.5) is 5.69 Å². The van der Waals surface area contributed by atoms with Crippen LogP contribution in [0.25, 0.3) is 12.2 Å². The van der Waals surface area contributed by atoms with E-state index in [0.29, 0.717) is 0 Å². The lowest BCUT2D eigenvalue weighted by molar-refractivity contribution is 0.448. The van der Waals surface area contributed by atoms with E-state index in [1.807, 2.05) is 0 Å². The molecule has 2 heterocycles. The number of benzene rings is 2. The van der Waals surface area contributed by atoms with Crippen molar-refractivity contribution in [2.75, 3.05) is 25.5 Å². The van der Waals surface area contributed by atoms with Crippen molar-refractivity contribution in [2.24, 2.45) is 0 Å². The Bertz CT molecular complexity index is 700. The fourth-order valence-electron chi connectivity index (χ4n) is 2.78. The van der Waals surface area contributed by atoms with E-state index in [9.17, 15) is 0 Å². The van der Waals surface area contributed by atoms with Crippen LogP contribution in [0.5, 0.6) is 0 Å². The minimum Gasteiger partial charge on any atom is -0.376 e. The molecule has 4 rings (SSSR count). The van der Waals surface area contributed by atoms with Gasteiger partial charge in [-0.2, -0.15) is 0 Å². The van der Waals surface area contributed by atoms with Gasteiger partial charge in [0.05, 0.1) is 0 Å². The van der Waals surface area contributed by atoms with Crippen LogP contribution in [0.3, 0.4) is 0 Å². The Morgan fingerprint density at radius 3 is 2.36 bits per heavy atom. The largest absolute Gasteiger partial charge is 0.376 e. The van der Waals surface area contributed by atoms with Gasteiger partial charge >= 0.3 is 0 Å². The first kappa shape index (κ1) is 14.5. The molecule has 2 heteroatoms. The summed E-state index contributed by atoms with van der Waals surface area (Å²) in [6.07, 6.45) is 8.62. The summed E-state index contributed by atoms with van der Waals surface area (Å²) in [4.78, 5) is 4.43. The first-order valence-corrected chi connectivity index (χ1v) is 7.67. The summed E-state index contributed by atoms with van der Waals surface area (Å²) in [6.45, 7) is 2.06. The van der Waals surface area contributed by atoms with Gasteiger partial charge in [-0.3, -0.25) is 0 Å². The van der Waals surface area contributed by atoms with Crippen molar-refractivity contribution in [3.05, 3.63) is 77.5 Å². The van der Waals surface area contributed by atoms with Crippen molar-refractivity contribution in [3.8, 4) is 0 Å². The van der Waals surface area contributed by atoms with Gasteiger partial charge in [0.15, 0.2) is 0 Å². The van der Waals surface area contributed by atoms with E-state index < -0.39 is 0 Å². The van der Waals surface area contributed by atoms with Crippen molar-refractivity contribution < 1.29 is 0 Å². The fraction of sp³-hybridized carbons (Fsp3) is 0.200. The molecule has 0 aliphatic carbocycles. The highest BCUT2D eigenvalue weighted by Gasteiger charge is 2.06. The number of para-hydroxylation sites is 1. The molecule has 0 unspecified atom stereocenters. The average Bonchev–Trinajstić information content (AvgIpc) is 2.56. The summed E-state index contributed by atoms with van der Waals surface area (Å²) in [5.74, 6) is 0. The van der Waals surface area contributed by atoms with E-state index >= 15 is 0 Å². The van der Waals surface area contributed by atoms with Crippen molar-refractivity contribution in [2.45, 2.75) is 6.54 Å². The zero-order valence-corrected chi connectivity index (χ0v) is 13.2. The number of hydrogen-bond donors (Lipinski definition) is 0. The fourth-order valence-corrected chi connectivity index (χ4v) is 2.78. The summed E-state index contributed by atoms with van der Waals surface area (Å²) in [7, 11) is 4.20. The van der Waals surface area contributed by atoms with E-state index in [4.69, 9.17) is 0 Å². The third kappa shape index (κ3) is 3.22. The van der Waals surface area contributed by atoms with Gasteiger partial charge in [-0.05, 0) is 35.0 Å². The van der Waals surface area contributed by atoms with Crippen LogP contribution < -0.4 is 4.90 Å². The van der Waals surface area contributed by atoms with E-state index in [1.165, 1.54) is 22.4 Å². The Hall–Kier alpha value is -2.48. The topological polar surface area (TPSA) is 6.48 Å². The molecule has 0 saturated carbocycles. The lowest BCUT2D eigenvalue weighted by atomic mass is 10.1. The molecule has 0 spiro atoms. The van der Waals surface area contributed by atoms with Gasteiger partial charge in [-0.15, -0.1) is 0 Å². The van der Waals surface area contributed by atoms with Crippen LogP contribution in [0, 0.1) is 0 Å². The minimum atomic E-state index is 1.02. The first-order valence-electron chi connectivity index (χ1n) is 7.67. The normalized spacial score (nSPS) is 14.8. The molecule has 2 aliphatic heterocycles. The van der Waals surface area contributed by atoms with Gasteiger partial charge in [-0.1, -0.05) is 54.6 Å². The Kier molecular flexibility index (Phi) is 4.29. The van der Waals surface area contributed by atoms with Gasteiger partial charge in [-0.25, -0.2) is 0 Å². The van der Waals surface area contributed by atoms with Gasteiger partial charge in [0.2, 0.25) is 0 Å². The van der Waals surface area contributed by atoms with Crippen molar-refractivity contribution in [1.82, 2.24) is 4.90 Å². The smallest absolute Gasteiger partial charge is 0.0439 e.